The first-order valence-electron chi connectivity index (χ1n) is 16.3. The fraction of sp³-hybridized carbons (Fsp3) is 0.282. The summed E-state index contributed by atoms with van der Waals surface area (Å²) in [4.78, 5) is 50.3. The van der Waals surface area contributed by atoms with Gasteiger partial charge in [-0.1, -0.05) is 75.1 Å². The largest absolute Gasteiger partial charge is 0.494 e. The van der Waals surface area contributed by atoms with Crippen LogP contribution in [0.1, 0.15) is 77.0 Å². The number of methoxy groups -OCH3 is 1. The molecule has 10 heteroatoms. The third-order valence-electron chi connectivity index (χ3n) is 7.77. The summed E-state index contributed by atoms with van der Waals surface area (Å²) in [5, 5.41) is 15.1. The number of unbranched alkanes of at least 4 members (excludes halogenated alkanes) is 4. The molecule has 0 saturated heterocycles. The number of ether oxygens (including phenoxy) is 3. The van der Waals surface area contributed by atoms with E-state index in [2.05, 4.69) is 17.6 Å². The predicted octanol–water partition coefficient (Wildman–Crippen LogP) is 7.01. The van der Waals surface area contributed by atoms with Gasteiger partial charge in [0.2, 0.25) is 0 Å². The number of hydrogen-bond donors (Lipinski definition) is 3. The molecular weight excluding hydrogens is 624 g/mol. The minimum atomic E-state index is -1.22. The van der Waals surface area contributed by atoms with Gasteiger partial charge < -0.3 is 30.0 Å². The van der Waals surface area contributed by atoms with Crippen LogP contribution >= 0.6 is 0 Å². The van der Waals surface area contributed by atoms with Crippen LogP contribution in [0.25, 0.3) is 0 Å². The van der Waals surface area contributed by atoms with E-state index < -0.39 is 30.0 Å². The van der Waals surface area contributed by atoms with E-state index in [0.717, 1.165) is 12.8 Å². The fourth-order valence-electron chi connectivity index (χ4n) is 5.05. The number of carbonyl (C=O) groups is 4. The molecule has 0 saturated carbocycles. The zero-order valence-corrected chi connectivity index (χ0v) is 27.7. The fourth-order valence-corrected chi connectivity index (χ4v) is 5.05. The van der Waals surface area contributed by atoms with Gasteiger partial charge in [-0.05, 0) is 78.2 Å². The van der Waals surface area contributed by atoms with Crippen molar-refractivity contribution < 1.29 is 38.5 Å². The number of rotatable bonds is 18. The zero-order chi connectivity index (χ0) is 35.0. The number of benzene rings is 4. The highest BCUT2D eigenvalue weighted by Gasteiger charge is 2.23. The Balaban J connectivity index is 1.26. The second-order valence-electron chi connectivity index (χ2n) is 11.5. The van der Waals surface area contributed by atoms with E-state index >= 15 is 0 Å². The Morgan fingerprint density at radius 2 is 1.37 bits per heavy atom. The van der Waals surface area contributed by atoms with Crippen LogP contribution in [0.2, 0.25) is 0 Å². The molecule has 4 rings (SSSR count). The number of hydrogen-bond acceptors (Lipinski definition) is 7. The smallest absolute Gasteiger partial charge is 0.343 e. The van der Waals surface area contributed by atoms with Crippen molar-refractivity contribution in [1.82, 2.24) is 5.32 Å². The van der Waals surface area contributed by atoms with Gasteiger partial charge in [-0.25, -0.2) is 9.59 Å². The van der Waals surface area contributed by atoms with Gasteiger partial charge in [0, 0.05) is 24.8 Å². The standard InChI is InChI=1S/C39H42N2O8/c1-3-4-5-6-10-25-48-32-23-17-30(18-24-32)39(46)49-33-21-13-27(14-22-33)26-34(38(44)45)41-36(42)29-15-19-31(20-16-29)40-37(43)35(47-2)28-11-8-7-9-12-28/h7-9,11-24,34-35H,3-6,10,25-26H2,1-2H3,(H,40,43)(H,41,42)(H,44,45)/t34-,35-/m0/s1. The van der Waals surface area contributed by atoms with E-state index in [9.17, 15) is 24.3 Å². The second-order valence-corrected chi connectivity index (χ2v) is 11.5. The summed E-state index contributed by atoms with van der Waals surface area (Å²) < 4.78 is 16.6. The van der Waals surface area contributed by atoms with Crippen LogP contribution in [0.15, 0.2) is 103 Å². The average molecular weight is 667 g/mol. The molecular formula is C39H42N2O8. The summed E-state index contributed by atoms with van der Waals surface area (Å²) in [6, 6.07) is 27.1. The minimum absolute atomic E-state index is 0.00139. The van der Waals surface area contributed by atoms with Crippen molar-refractivity contribution in [2.45, 2.75) is 57.6 Å². The van der Waals surface area contributed by atoms with Gasteiger partial charge in [-0.15, -0.1) is 0 Å². The highest BCUT2D eigenvalue weighted by atomic mass is 16.5. The van der Waals surface area contributed by atoms with Crippen LogP contribution in [-0.2, 0) is 20.7 Å². The molecule has 4 aromatic carbocycles. The summed E-state index contributed by atoms with van der Waals surface area (Å²) in [6.45, 7) is 2.81. The topological polar surface area (TPSA) is 140 Å². The maximum atomic E-state index is 12.9. The first kappa shape index (κ1) is 36.4. The van der Waals surface area contributed by atoms with Crippen LogP contribution in [0.3, 0.4) is 0 Å². The van der Waals surface area contributed by atoms with Gasteiger partial charge in [0.25, 0.3) is 11.8 Å². The summed E-state index contributed by atoms with van der Waals surface area (Å²) in [5.74, 6) is -1.71. The Hall–Kier alpha value is -5.48. The van der Waals surface area contributed by atoms with Crippen molar-refractivity contribution in [3.05, 3.63) is 125 Å². The third kappa shape index (κ3) is 11.3. The molecule has 2 amide bonds. The van der Waals surface area contributed by atoms with E-state index in [-0.39, 0.29) is 17.9 Å². The zero-order valence-electron chi connectivity index (χ0n) is 27.7. The van der Waals surface area contributed by atoms with Crippen LogP contribution in [0.4, 0.5) is 5.69 Å². The molecule has 0 aromatic heterocycles. The Morgan fingerprint density at radius 1 is 0.735 bits per heavy atom. The van der Waals surface area contributed by atoms with Crippen LogP contribution in [-0.4, -0.2) is 48.6 Å². The molecule has 2 atom stereocenters. The van der Waals surface area contributed by atoms with Crippen LogP contribution < -0.4 is 20.1 Å². The van der Waals surface area contributed by atoms with Crippen LogP contribution in [0.5, 0.6) is 11.5 Å². The summed E-state index contributed by atoms with van der Waals surface area (Å²) in [6.07, 6.45) is 4.94. The lowest BCUT2D eigenvalue weighted by Gasteiger charge is -2.16. The van der Waals surface area contributed by atoms with E-state index in [0.29, 0.717) is 40.5 Å². The lowest BCUT2D eigenvalue weighted by Crippen LogP contribution is -2.42. The van der Waals surface area contributed by atoms with Gasteiger partial charge >= 0.3 is 11.9 Å². The van der Waals surface area contributed by atoms with Gasteiger partial charge in [-0.2, -0.15) is 0 Å². The van der Waals surface area contributed by atoms with E-state index in [1.54, 1.807) is 72.8 Å². The average Bonchev–Trinajstić information content (AvgIpc) is 3.11. The van der Waals surface area contributed by atoms with Crippen LogP contribution in [0, 0.1) is 0 Å². The van der Waals surface area contributed by atoms with Crippen molar-refractivity contribution in [2.75, 3.05) is 19.0 Å². The van der Waals surface area contributed by atoms with E-state index in [1.165, 1.54) is 38.5 Å². The van der Waals surface area contributed by atoms with Gasteiger partial charge in [-0.3, -0.25) is 9.59 Å². The number of carboxylic acid groups (broad SMARTS) is 1. The van der Waals surface area contributed by atoms with Gasteiger partial charge in [0.15, 0.2) is 6.10 Å². The van der Waals surface area contributed by atoms with Crippen molar-refractivity contribution in [2.24, 2.45) is 0 Å². The maximum absolute atomic E-state index is 12.9. The number of carboxylic acids is 1. The van der Waals surface area contributed by atoms with Crippen molar-refractivity contribution >= 4 is 29.4 Å². The molecule has 0 radical (unpaired) electrons. The highest BCUT2D eigenvalue weighted by molar-refractivity contribution is 5.98. The molecule has 256 valence electrons. The monoisotopic (exact) mass is 666 g/mol. The molecule has 4 aromatic rings. The van der Waals surface area contributed by atoms with Crippen molar-refractivity contribution in [3.63, 3.8) is 0 Å². The molecule has 0 aliphatic rings. The molecule has 0 fully saturated rings. The highest BCUT2D eigenvalue weighted by Crippen LogP contribution is 2.21. The Kier molecular flexibility index (Phi) is 13.9. The number of amides is 2. The number of aliphatic carboxylic acids is 1. The molecule has 10 nitrogen and oxygen atoms in total. The van der Waals surface area contributed by atoms with E-state index in [1.807, 2.05) is 18.2 Å². The number of anilines is 1. The molecule has 0 unspecified atom stereocenters. The molecule has 0 bridgehead atoms. The molecule has 49 heavy (non-hydrogen) atoms. The molecule has 0 aliphatic carbocycles. The minimum Gasteiger partial charge on any atom is -0.494 e. The molecule has 3 N–H and O–H groups in total. The second kappa shape index (κ2) is 18.8. The SMILES string of the molecule is CCCCCCCOc1ccc(C(=O)Oc2ccc(C[C@H](NC(=O)c3ccc(NC(=O)[C@@H](OC)c4ccccc4)cc3)C(=O)O)cc2)cc1. The predicted molar refractivity (Wildman–Crippen MR) is 186 cm³/mol. The third-order valence-corrected chi connectivity index (χ3v) is 7.77. The molecule has 0 aliphatic heterocycles. The molecule has 0 spiro atoms. The van der Waals surface area contributed by atoms with Gasteiger partial charge in [0.05, 0.1) is 12.2 Å². The summed E-state index contributed by atoms with van der Waals surface area (Å²) >= 11 is 0. The number of esters is 1. The van der Waals surface area contributed by atoms with E-state index in [4.69, 9.17) is 14.2 Å². The first-order chi connectivity index (χ1) is 23.8. The molecule has 0 heterocycles. The Bertz CT molecular complexity index is 1660. The quantitative estimate of drug-likeness (QED) is 0.0586. The van der Waals surface area contributed by atoms with Crippen molar-refractivity contribution in [1.29, 1.82) is 0 Å². The lowest BCUT2D eigenvalue weighted by atomic mass is 10.0. The first-order valence-corrected chi connectivity index (χ1v) is 16.3. The number of carbonyl (C=O) groups excluding carboxylic acids is 3. The summed E-state index contributed by atoms with van der Waals surface area (Å²) in [5.41, 5.74) is 2.36. The lowest BCUT2D eigenvalue weighted by molar-refractivity contribution is -0.139. The summed E-state index contributed by atoms with van der Waals surface area (Å²) in [7, 11) is 1.45. The Morgan fingerprint density at radius 3 is 2.00 bits per heavy atom. The van der Waals surface area contributed by atoms with Gasteiger partial charge in [0.1, 0.15) is 17.5 Å². The normalized spacial score (nSPS) is 12.0. The Labute approximate surface area is 286 Å². The van der Waals surface area contributed by atoms with Crippen molar-refractivity contribution in [3.8, 4) is 11.5 Å². The number of nitrogens with one attached hydrogen (secondary N) is 2. The maximum Gasteiger partial charge on any atom is 0.343 e.